The summed E-state index contributed by atoms with van der Waals surface area (Å²) in [6.45, 7) is 6.30. The van der Waals surface area contributed by atoms with Gasteiger partial charge in [0.05, 0.1) is 26.9 Å². The largest absolute Gasteiger partial charge is 0.497 e. The second kappa shape index (κ2) is 8.53. The molecule has 25 heavy (non-hydrogen) atoms. The van der Waals surface area contributed by atoms with Gasteiger partial charge in [-0.05, 0) is 31.2 Å². The molecule has 134 valence electrons. The third kappa shape index (κ3) is 4.96. The number of ether oxygens (including phenoxy) is 3. The van der Waals surface area contributed by atoms with Gasteiger partial charge in [0.25, 0.3) is 0 Å². The maximum Gasteiger partial charge on any atom is 0.134 e. The molecule has 1 aliphatic heterocycles. The van der Waals surface area contributed by atoms with E-state index in [4.69, 9.17) is 14.2 Å². The van der Waals surface area contributed by atoms with Gasteiger partial charge < -0.3 is 24.4 Å². The second-order valence-electron chi connectivity index (χ2n) is 5.71. The molecule has 0 bridgehead atoms. The molecule has 0 amide bonds. The van der Waals surface area contributed by atoms with Crippen molar-refractivity contribution in [2.75, 3.05) is 56.8 Å². The highest BCUT2D eigenvalue weighted by Crippen LogP contribution is 2.18. The van der Waals surface area contributed by atoms with E-state index in [-0.39, 0.29) is 0 Å². The smallest absolute Gasteiger partial charge is 0.134 e. The monoisotopic (exact) mass is 344 g/mol. The zero-order chi connectivity index (χ0) is 17.5. The Morgan fingerprint density at radius 1 is 1.12 bits per heavy atom. The number of hydrogen-bond acceptors (Lipinski definition) is 7. The van der Waals surface area contributed by atoms with Crippen molar-refractivity contribution < 1.29 is 14.2 Å². The van der Waals surface area contributed by atoms with Crippen LogP contribution < -0.4 is 19.7 Å². The lowest BCUT2D eigenvalue weighted by Crippen LogP contribution is -2.37. The normalized spacial score (nSPS) is 14.2. The molecule has 0 atom stereocenters. The molecule has 0 unspecified atom stereocenters. The average Bonchev–Trinajstić information content (AvgIpc) is 2.66. The number of aryl methyl sites for hydroxylation is 1. The minimum absolute atomic E-state index is 0.544. The van der Waals surface area contributed by atoms with Crippen molar-refractivity contribution in [2.45, 2.75) is 6.92 Å². The highest BCUT2D eigenvalue weighted by molar-refractivity contribution is 5.49. The number of methoxy groups -OCH3 is 1. The van der Waals surface area contributed by atoms with E-state index in [2.05, 4.69) is 20.2 Å². The lowest BCUT2D eigenvalue weighted by Gasteiger charge is -2.28. The molecule has 2 aromatic rings. The average molecular weight is 344 g/mol. The Kier molecular flexibility index (Phi) is 5.90. The molecule has 2 heterocycles. The van der Waals surface area contributed by atoms with Crippen molar-refractivity contribution in [1.82, 2.24) is 9.97 Å². The van der Waals surface area contributed by atoms with E-state index in [9.17, 15) is 0 Å². The fourth-order valence-corrected chi connectivity index (χ4v) is 2.62. The fourth-order valence-electron chi connectivity index (χ4n) is 2.62. The van der Waals surface area contributed by atoms with Crippen LogP contribution in [-0.2, 0) is 4.74 Å². The molecule has 1 aliphatic rings. The van der Waals surface area contributed by atoms with Gasteiger partial charge in [0, 0.05) is 19.2 Å². The van der Waals surface area contributed by atoms with Crippen LogP contribution in [0.25, 0.3) is 0 Å². The van der Waals surface area contributed by atoms with E-state index < -0.39 is 0 Å². The molecule has 7 nitrogen and oxygen atoms in total. The summed E-state index contributed by atoms with van der Waals surface area (Å²) in [5, 5.41) is 3.30. The van der Waals surface area contributed by atoms with Gasteiger partial charge in [0.1, 0.15) is 35.6 Å². The highest BCUT2D eigenvalue weighted by atomic mass is 16.5. The van der Waals surface area contributed by atoms with Gasteiger partial charge in [-0.1, -0.05) is 0 Å². The highest BCUT2D eigenvalue weighted by Gasteiger charge is 2.14. The molecule has 0 spiro atoms. The lowest BCUT2D eigenvalue weighted by molar-refractivity contribution is 0.122. The number of anilines is 2. The van der Waals surface area contributed by atoms with Crippen LogP contribution in [0.4, 0.5) is 11.6 Å². The molecular weight excluding hydrogens is 320 g/mol. The molecule has 7 heteroatoms. The van der Waals surface area contributed by atoms with Crippen molar-refractivity contribution in [3.63, 3.8) is 0 Å². The van der Waals surface area contributed by atoms with E-state index in [1.165, 1.54) is 0 Å². The van der Waals surface area contributed by atoms with Crippen LogP contribution >= 0.6 is 0 Å². The third-order valence-corrected chi connectivity index (χ3v) is 3.90. The zero-order valence-corrected chi connectivity index (χ0v) is 14.7. The predicted octanol–water partition coefficient (Wildman–Crippen LogP) is 2.12. The first-order valence-electron chi connectivity index (χ1n) is 8.44. The Morgan fingerprint density at radius 3 is 2.56 bits per heavy atom. The van der Waals surface area contributed by atoms with Gasteiger partial charge in [-0.15, -0.1) is 0 Å². The first-order chi connectivity index (χ1) is 12.2. The van der Waals surface area contributed by atoms with Gasteiger partial charge in [-0.2, -0.15) is 0 Å². The molecule has 1 aromatic heterocycles. The van der Waals surface area contributed by atoms with E-state index in [1.807, 2.05) is 37.3 Å². The molecule has 0 radical (unpaired) electrons. The van der Waals surface area contributed by atoms with Gasteiger partial charge in [0.15, 0.2) is 0 Å². The van der Waals surface area contributed by atoms with Gasteiger partial charge in [0.2, 0.25) is 0 Å². The minimum Gasteiger partial charge on any atom is -0.497 e. The summed E-state index contributed by atoms with van der Waals surface area (Å²) in [6.07, 6.45) is 0. The number of hydrogen-bond donors (Lipinski definition) is 1. The number of nitrogens with one attached hydrogen (secondary N) is 1. The van der Waals surface area contributed by atoms with Crippen LogP contribution in [0, 0.1) is 6.92 Å². The Morgan fingerprint density at radius 2 is 1.84 bits per heavy atom. The molecule has 1 saturated heterocycles. The summed E-state index contributed by atoms with van der Waals surface area (Å²) in [7, 11) is 1.65. The van der Waals surface area contributed by atoms with Crippen LogP contribution in [0.1, 0.15) is 5.82 Å². The van der Waals surface area contributed by atoms with Gasteiger partial charge in [-0.25, -0.2) is 9.97 Å². The minimum atomic E-state index is 0.544. The number of benzene rings is 1. The summed E-state index contributed by atoms with van der Waals surface area (Å²) in [5.41, 5.74) is 0. The molecule has 3 rings (SSSR count). The van der Waals surface area contributed by atoms with E-state index >= 15 is 0 Å². The topological polar surface area (TPSA) is 68.7 Å². The maximum absolute atomic E-state index is 5.72. The van der Waals surface area contributed by atoms with Crippen LogP contribution in [0.3, 0.4) is 0 Å². The number of rotatable bonds is 7. The first-order valence-corrected chi connectivity index (χ1v) is 8.44. The van der Waals surface area contributed by atoms with Crippen LogP contribution in [0.5, 0.6) is 11.5 Å². The predicted molar refractivity (Wildman–Crippen MR) is 96.8 cm³/mol. The Bertz CT molecular complexity index is 673. The number of morpholine rings is 1. The van der Waals surface area contributed by atoms with Crippen LogP contribution in [0.2, 0.25) is 0 Å². The van der Waals surface area contributed by atoms with E-state index in [0.29, 0.717) is 13.2 Å². The van der Waals surface area contributed by atoms with E-state index in [0.717, 1.165) is 55.3 Å². The van der Waals surface area contributed by atoms with Crippen molar-refractivity contribution in [3.05, 3.63) is 36.2 Å². The van der Waals surface area contributed by atoms with Crippen LogP contribution in [-0.4, -0.2) is 56.5 Å². The summed E-state index contributed by atoms with van der Waals surface area (Å²) in [6, 6.07) is 9.52. The lowest BCUT2D eigenvalue weighted by atomic mass is 10.3. The van der Waals surface area contributed by atoms with Crippen LogP contribution in [0.15, 0.2) is 30.3 Å². The number of nitrogens with zero attached hydrogens (tertiary/aromatic N) is 3. The standard InChI is InChI=1S/C18H24N4O3/c1-14-20-17(13-18(21-14)22-8-11-24-12-9-22)19-7-10-25-16-5-3-15(23-2)4-6-16/h3-6,13H,7-12H2,1-2H3,(H,19,20,21). The second-order valence-corrected chi connectivity index (χ2v) is 5.71. The van der Waals surface area contributed by atoms with Gasteiger partial charge in [-0.3, -0.25) is 0 Å². The molecule has 1 fully saturated rings. The molecule has 1 aromatic carbocycles. The summed E-state index contributed by atoms with van der Waals surface area (Å²) in [4.78, 5) is 11.2. The van der Waals surface area contributed by atoms with Crippen molar-refractivity contribution in [3.8, 4) is 11.5 Å². The van der Waals surface area contributed by atoms with Crippen molar-refractivity contribution in [1.29, 1.82) is 0 Å². The maximum atomic E-state index is 5.72. The summed E-state index contributed by atoms with van der Waals surface area (Å²) < 4.78 is 16.2. The van der Waals surface area contributed by atoms with E-state index in [1.54, 1.807) is 7.11 Å². The Balaban J connectivity index is 1.51. The summed E-state index contributed by atoms with van der Waals surface area (Å²) >= 11 is 0. The molecule has 1 N–H and O–H groups in total. The summed E-state index contributed by atoms with van der Waals surface area (Å²) in [5.74, 6) is 4.14. The SMILES string of the molecule is COc1ccc(OCCNc2cc(N3CCOCC3)nc(C)n2)cc1. The number of aromatic nitrogens is 2. The molecular formula is C18H24N4O3. The molecule has 0 aliphatic carbocycles. The quantitative estimate of drug-likeness (QED) is 0.772. The fraction of sp³-hybridized carbons (Fsp3) is 0.444. The Hall–Kier alpha value is -2.54. The zero-order valence-electron chi connectivity index (χ0n) is 14.7. The third-order valence-electron chi connectivity index (χ3n) is 3.90. The Labute approximate surface area is 147 Å². The van der Waals surface area contributed by atoms with Crippen molar-refractivity contribution in [2.24, 2.45) is 0 Å². The first kappa shape index (κ1) is 17.3. The molecule has 0 saturated carbocycles. The van der Waals surface area contributed by atoms with Crippen molar-refractivity contribution >= 4 is 11.6 Å². The van der Waals surface area contributed by atoms with Gasteiger partial charge >= 0.3 is 0 Å².